The van der Waals surface area contributed by atoms with Crippen molar-refractivity contribution in [3.05, 3.63) is 41.6 Å². The highest BCUT2D eigenvalue weighted by Crippen LogP contribution is 2.23. The first-order valence-electron chi connectivity index (χ1n) is 6.17. The summed E-state index contributed by atoms with van der Waals surface area (Å²) in [6.07, 6.45) is 0. The number of carbonyl (C=O) groups is 1. The third kappa shape index (κ3) is 2.66. The van der Waals surface area contributed by atoms with Crippen molar-refractivity contribution in [1.29, 1.82) is 0 Å². The number of hydrogen-bond donors (Lipinski definition) is 3. The van der Waals surface area contributed by atoms with Crippen molar-refractivity contribution in [3.8, 4) is 0 Å². The number of piperidine rings is 1. The van der Waals surface area contributed by atoms with Crippen LogP contribution < -0.4 is 16.8 Å². The summed E-state index contributed by atoms with van der Waals surface area (Å²) in [4.78, 5) is 16.2. The van der Waals surface area contributed by atoms with Crippen molar-refractivity contribution in [2.24, 2.45) is 22.4 Å². The van der Waals surface area contributed by atoms with E-state index in [-0.39, 0.29) is 11.8 Å². The molecule has 1 aromatic carbocycles. The summed E-state index contributed by atoms with van der Waals surface area (Å²) < 4.78 is 0. The molecule has 0 radical (unpaired) electrons. The first-order valence-corrected chi connectivity index (χ1v) is 6.17. The molecule has 1 aliphatic heterocycles. The van der Waals surface area contributed by atoms with E-state index in [2.05, 4.69) is 10.3 Å². The smallest absolute Gasteiger partial charge is 0.243 e. The monoisotopic (exact) mass is 258 g/mol. The minimum Gasteiger partial charge on any atom is -0.402 e. The summed E-state index contributed by atoms with van der Waals surface area (Å²) in [6, 6.07) is 8.81. The largest absolute Gasteiger partial charge is 0.402 e. The van der Waals surface area contributed by atoms with Crippen LogP contribution in [0.15, 0.2) is 46.6 Å². The number of amidine groups is 1. The molecule has 0 saturated carbocycles. The Hall–Kier alpha value is -2.14. The molecule has 100 valence electrons. The third-order valence-corrected chi connectivity index (χ3v) is 3.22. The first-order chi connectivity index (χ1) is 9.00. The number of rotatable bonds is 1. The van der Waals surface area contributed by atoms with Crippen molar-refractivity contribution in [1.82, 2.24) is 5.32 Å². The Kier molecular flexibility index (Phi) is 3.66. The van der Waals surface area contributed by atoms with E-state index in [0.717, 1.165) is 11.3 Å². The molecule has 19 heavy (non-hydrogen) atoms. The van der Waals surface area contributed by atoms with E-state index in [9.17, 15) is 4.79 Å². The van der Waals surface area contributed by atoms with Gasteiger partial charge in [0.25, 0.3) is 0 Å². The van der Waals surface area contributed by atoms with Gasteiger partial charge in [-0.1, -0.05) is 25.1 Å². The van der Waals surface area contributed by atoms with Crippen LogP contribution in [0.4, 0.5) is 5.69 Å². The standard InChI is InChI=1S/C14H18N4O/c1-8-11(9(2)15)13(18-14(19)12(8)16)17-10-6-4-3-5-7-10/h3-8,12H,15-16H2,1-2H3,(H,17,18,19). The van der Waals surface area contributed by atoms with Gasteiger partial charge in [0.15, 0.2) is 0 Å². The van der Waals surface area contributed by atoms with Crippen LogP contribution >= 0.6 is 0 Å². The molecule has 0 spiro atoms. The molecule has 1 fully saturated rings. The molecule has 0 bridgehead atoms. The van der Waals surface area contributed by atoms with Crippen molar-refractivity contribution >= 4 is 17.4 Å². The van der Waals surface area contributed by atoms with Gasteiger partial charge in [0.2, 0.25) is 5.91 Å². The summed E-state index contributed by atoms with van der Waals surface area (Å²) in [5.41, 5.74) is 13.9. The van der Waals surface area contributed by atoms with E-state index in [4.69, 9.17) is 11.5 Å². The fraction of sp³-hybridized carbons (Fsp3) is 0.286. The van der Waals surface area contributed by atoms with Gasteiger partial charge in [0.1, 0.15) is 5.84 Å². The van der Waals surface area contributed by atoms with E-state index < -0.39 is 6.04 Å². The predicted molar refractivity (Wildman–Crippen MR) is 75.7 cm³/mol. The van der Waals surface area contributed by atoms with Gasteiger partial charge >= 0.3 is 0 Å². The Balaban J connectivity index is 2.46. The summed E-state index contributed by atoms with van der Waals surface area (Å²) in [7, 11) is 0. The van der Waals surface area contributed by atoms with Gasteiger partial charge in [-0.15, -0.1) is 0 Å². The number of amides is 1. The van der Waals surface area contributed by atoms with Gasteiger partial charge < -0.3 is 16.8 Å². The van der Waals surface area contributed by atoms with Gasteiger partial charge in [-0.3, -0.25) is 4.79 Å². The number of aliphatic imine (C=N–C) groups is 1. The van der Waals surface area contributed by atoms with Crippen molar-refractivity contribution in [2.45, 2.75) is 19.9 Å². The molecule has 0 aliphatic carbocycles. The Morgan fingerprint density at radius 2 is 1.95 bits per heavy atom. The highest BCUT2D eigenvalue weighted by Gasteiger charge is 2.34. The van der Waals surface area contributed by atoms with E-state index in [1.807, 2.05) is 37.3 Å². The number of carbonyl (C=O) groups excluding carboxylic acids is 1. The van der Waals surface area contributed by atoms with Crippen LogP contribution in [0.1, 0.15) is 13.8 Å². The second-order valence-electron chi connectivity index (χ2n) is 4.70. The lowest BCUT2D eigenvalue weighted by Gasteiger charge is -2.30. The molecular weight excluding hydrogens is 240 g/mol. The molecule has 5 N–H and O–H groups in total. The molecular formula is C14H18N4O. The number of benzene rings is 1. The molecule has 1 heterocycles. The zero-order valence-corrected chi connectivity index (χ0v) is 11.1. The first kappa shape index (κ1) is 13.3. The van der Waals surface area contributed by atoms with Crippen molar-refractivity contribution < 1.29 is 4.79 Å². The molecule has 1 aromatic rings. The Morgan fingerprint density at radius 1 is 1.32 bits per heavy atom. The Morgan fingerprint density at radius 3 is 2.53 bits per heavy atom. The van der Waals surface area contributed by atoms with Crippen molar-refractivity contribution in [3.63, 3.8) is 0 Å². The lowest BCUT2D eigenvalue weighted by Crippen LogP contribution is -2.54. The zero-order chi connectivity index (χ0) is 14.0. The van der Waals surface area contributed by atoms with Gasteiger partial charge in [0.05, 0.1) is 11.7 Å². The number of nitrogens with one attached hydrogen (secondary N) is 1. The average Bonchev–Trinajstić information content (AvgIpc) is 2.37. The Bertz CT molecular complexity index is 544. The van der Waals surface area contributed by atoms with E-state index in [1.54, 1.807) is 6.92 Å². The molecule has 5 heteroatoms. The van der Waals surface area contributed by atoms with E-state index in [1.165, 1.54) is 0 Å². The normalized spacial score (nSPS) is 28.2. The topological polar surface area (TPSA) is 93.5 Å². The highest BCUT2D eigenvalue weighted by molar-refractivity contribution is 6.13. The molecule has 1 saturated heterocycles. The van der Waals surface area contributed by atoms with Gasteiger partial charge in [-0.05, 0) is 19.1 Å². The van der Waals surface area contributed by atoms with Crippen LogP contribution in [-0.4, -0.2) is 17.8 Å². The second-order valence-corrected chi connectivity index (χ2v) is 4.70. The summed E-state index contributed by atoms with van der Waals surface area (Å²) in [6.45, 7) is 3.67. The summed E-state index contributed by atoms with van der Waals surface area (Å²) in [5.74, 6) is 0.110. The molecule has 1 aliphatic rings. The van der Waals surface area contributed by atoms with Gasteiger partial charge in [0, 0.05) is 17.2 Å². The van der Waals surface area contributed by atoms with Crippen LogP contribution in [0.25, 0.3) is 0 Å². The summed E-state index contributed by atoms with van der Waals surface area (Å²) in [5, 5.41) is 2.72. The fourth-order valence-electron chi connectivity index (χ4n) is 2.16. The second kappa shape index (κ2) is 5.24. The number of nitrogens with two attached hydrogens (primary N) is 2. The molecule has 2 rings (SSSR count). The van der Waals surface area contributed by atoms with E-state index in [0.29, 0.717) is 11.5 Å². The Labute approximate surface area is 112 Å². The number of hydrogen-bond acceptors (Lipinski definition) is 4. The van der Waals surface area contributed by atoms with Crippen LogP contribution in [0.2, 0.25) is 0 Å². The van der Waals surface area contributed by atoms with Crippen LogP contribution in [0.5, 0.6) is 0 Å². The zero-order valence-electron chi connectivity index (χ0n) is 11.1. The number of allylic oxidation sites excluding steroid dienone is 1. The number of nitrogens with zero attached hydrogens (tertiary/aromatic N) is 1. The minimum atomic E-state index is -0.594. The predicted octanol–water partition coefficient (Wildman–Crippen LogP) is 1.04. The SMILES string of the molecule is CC(N)=C1C(=Nc2ccccc2)NC(=O)C(N)C1C. The van der Waals surface area contributed by atoms with Gasteiger partial charge in [-0.25, -0.2) is 4.99 Å². The van der Waals surface area contributed by atoms with E-state index >= 15 is 0 Å². The maximum absolute atomic E-state index is 11.8. The number of para-hydroxylation sites is 1. The van der Waals surface area contributed by atoms with Crippen LogP contribution in [-0.2, 0) is 4.79 Å². The van der Waals surface area contributed by atoms with Crippen molar-refractivity contribution in [2.75, 3.05) is 0 Å². The molecule has 0 aromatic heterocycles. The maximum Gasteiger partial charge on any atom is 0.243 e. The lowest BCUT2D eigenvalue weighted by molar-refractivity contribution is -0.122. The third-order valence-electron chi connectivity index (χ3n) is 3.22. The summed E-state index contributed by atoms with van der Waals surface area (Å²) >= 11 is 0. The molecule has 5 nitrogen and oxygen atoms in total. The van der Waals surface area contributed by atoms with Crippen LogP contribution in [0, 0.1) is 5.92 Å². The lowest BCUT2D eigenvalue weighted by atomic mass is 9.87. The van der Waals surface area contributed by atoms with Crippen LogP contribution in [0.3, 0.4) is 0 Å². The fourth-order valence-corrected chi connectivity index (χ4v) is 2.16. The maximum atomic E-state index is 11.8. The van der Waals surface area contributed by atoms with Gasteiger partial charge in [-0.2, -0.15) is 0 Å². The molecule has 2 unspecified atom stereocenters. The molecule has 2 atom stereocenters. The molecule has 1 amide bonds. The quantitative estimate of drug-likeness (QED) is 0.702. The minimum absolute atomic E-state index is 0.152. The average molecular weight is 258 g/mol. The highest BCUT2D eigenvalue weighted by atomic mass is 16.2.